The molecule has 2 rings (SSSR count). The number of hydrogen-bond acceptors (Lipinski definition) is 2. The van der Waals surface area contributed by atoms with E-state index in [2.05, 4.69) is 0 Å². The van der Waals surface area contributed by atoms with E-state index in [-0.39, 0.29) is 5.92 Å². The van der Waals surface area contributed by atoms with E-state index < -0.39 is 5.97 Å². The molecule has 15 heavy (non-hydrogen) atoms. The third-order valence-corrected chi connectivity index (χ3v) is 4.72. The zero-order chi connectivity index (χ0) is 11.0. The summed E-state index contributed by atoms with van der Waals surface area (Å²) in [6.07, 6.45) is 3.93. The van der Waals surface area contributed by atoms with E-state index in [1.54, 1.807) is 18.3 Å². The minimum Gasteiger partial charge on any atom is -0.481 e. The molecule has 82 valence electrons. The zero-order valence-electron chi connectivity index (χ0n) is 8.55. The molecule has 0 fully saturated rings. The zero-order valence-corrected chi connectivity index (χ0v) is 10.1. The second kappa shape index (κ2) is 4.14. The maximum absolute atomic E-state index is 10.8. The summed E-state index contributed by atoms with van der Waals surface area (Å²) in [5.41, 5.74) is 1.27. The number of carboxylic acid groups (broad SMARTS) is 1. The van der Waals surface area contributed by atoms with E-state index in [4.69, 9.17) is 16.7 Å². The summed E-state index contributed by atoms with van der Waals surface area (Å²) in [5, 5.41) is 9.68. The van der Waals surface area contributed by atoms with Crippen LogP contribution in [0.2, 0.25) is 5.02 Å². The van der Waals surface area contributed by atoms with Crippen molar-refractivity contribution in [2.24, 2.45) is 5.92 Å². The maximum Gasteiger partial charge on any atom is 0.306 e. The molecular formula is C11H13ClO2S. The lowest BCUT2D eigenvalue weighted by molar-refractivity contribution is -0.141. The number of aliphatic carboxylic acids is 1. The lowest BCUT2D eigenvalue weighted by Crippen LogP contribution is -2.11. The molecule has 1 heterocycles. The molecule has 1 unspecified atom stereocenters. The Hall–Kier alpha value is -0.540. The highest BCUT2D eigenvalue weighted by atomic mass is 35.5. The topological polar surface area (TPSA) is 37.3 Å². The van der Waals surface area contributed by atoms with Crippen LogP contribution < -0.4 is 0 Å². The molecule has 1 aromatic heterocycles. The second-order valence-electron chi connectivity index (χ2n) is 4.04. The second-order valence-corrected chi connectivity index (χ2v) is 5.61. The Morgan fingerprint density at radius 1 is 1.60 bits per heavy atom. The van der Waals surface area contributed by atoms with Crippen LogP contribution in [0, 0.1) is 5.92 Å². The first kappa shape index (κ1) is 11.0. The molecule has 0 radical (unpaired) electrons. The third-order valence-electron chi connectivity index (χ3n) is 2.84. The first-order valence-corrected chi connectivity index (χ1v) is 6.30. The quantitative estimate of drug-likeness (QED) is 0.887. The van der Waals surface area contributed by atoms with Gasteiger partial charge in [-0.05, 0) is 31.2 Å². The number of carboxylic acids is 1. The number of hydrogen-bond donors (Lipinski definition) is 1. The van der Waals surface area contributed by atoms with Crippen molar-refractivity contribution in [3.8, 4) is 0 Å². The maximum atomic E-state index is 10.8. The Morgan fingerprint density at radius 2 is 2.33 bits per heavy atom. The van der Waals surface area contributed by atoms with E-state index in [0.717, 1.165) is 22.7 Å². The Morgan fingerprint density at radius 3 is 2.93 bits per heavy atom. The van der Waals surface area contributed by atoms with Crippen LogP contribution >= 0.6 is 22.9 Å². The van der Waals surface area contributed by atoms with Crippen LogP contribution in [0.5, 0.6) is 0 Å². The van der Waals surface area contributed by atoms with Gasteiger partial charge in [0.2, 0.25) is 0 Å². The van der Waals surface area contributed by atoms with Gasteiger partial charge in [-0.1, -0.05) is 18.5 Å². The highest BCUT2D eigenvalue weighted by Gasteiger charge is 2.23. The average molecular weight is 245 g/mol. The molecule has 4 heteroatoms. The third kappa shape index (κ3) is 2.04. The summed E-state index contributed by atoms with van der Waals surface area (Å²) in [6, 6.07) is 0. The molecule has 1 atom stereocenters. The van der Waals surface area contributed by atoms with E-state index in [9.17, 15) is 4.79 Å². The number of halogens is 1. The lowest BCUT2D eigenvalue weighted by atomic mass is 10.1. The molecule has 0 bridgehead atoms. The van der Waals surface area contributed by atoms with Gasteiger partial charge in [-0.15, -0.1) is 11.3 Å². The van der Waals surface area contributed by atoms with E-state index in [1.165, 1.54) is 16.9 Å². The molecule has 2 nitrogen and oxygen atoms in total. The summed E-state index contributed by atoms with van der Waals surface area (Å²) in [6.45, 7) is 1.73. The molecular weight excluding hydrogens is 232 g/mol. The molecule has 0 saturated carbocycles. The summed E-state index contributed by atoms with van der Waals surface area (Å²) in [4.78, 5) is 13.2. The standard InChI is InChI=1S/C11H13ClO2S/c1-6(11(13)14)5-9-10(12)7-3-2-4-8(7)15-9/h6H,2-5H2,1H3,(H,13,14). The van der Waals surface area contributed by atoms with Crippen LogP contribution in [0.3, 0.4) is 0 Å². The van der Waals surface area contributed by atoms with Crippen LogP contribution in [0.1, 0.15) is 28.7 Å². The summed E-state index contributed by atoms with van der Waals surface area (Å²) in [5.74, 6) is -1.10. The van der Waals surface area contributed by atoms with Crippen molar-refractivity contribution < 1.29 is 9.90 Å². The van der Waals surface area contributed by atoms with Crippen molar-refractivity contribution in [2.75, 3.05) is 0 Å². The Balaban J connectivity index is 2.20. The van der Waals surface area contributed by atoms with Gasteiger partial charge < -0.3 is 5.11 Å². The molecule has 1 N–H and O–H groups in total. The van der Waals surface area contributed by atoms with E-state index >= 15 is 0 Å². The van der Waals surface area contributed by atoms with Crippen molar-refractivity contribution >= 4 is 28.9 Å². The molecule has 1 aliphatic rings. The van der Waals surface area contributed by atoms with Crippen LogP contribution in [0.25, 0.3) is 0 Å². The van der Waals surface area contributed by atoms with Gasteiger partial charge in [0, 0.05) is 9.75 Å². The van der Waals surface area contributed by atoms with Crippen molar-refractivity contribution in [1.29, 1.82) is 0 Å². The molecule has 0 aromatic carbocycles. The first-order chi connectivity index (χ1) is 7.09. The molecule has 1 aromatic rings. The Kier molecular flexibility index (Phi) is 3.03. The number of carbonyl (C=O) groups is 1. The van der Waals surface area contributed by atoms with Crippen molar-refractivity contribution in [1.82, 2.24) is 0 Å². The van der Waals surface area contributed by atoms with Crippen LogP contribution in [0.4, 0.5) is 0 Å². The minimum atomic E-state index is -0.750. The van der Waals surface area contributed by atoms with Gasteiger partial charge in [0.1, 0.15) is 0 Å². The number of fused-ring (bicyclic) bond motifs is 1. The van der Waals surface area contributed by atoms with Gasteiger partial charge in [0.25, 0.3) is 0 Å². The SMILES string of the molecule is CC(Cc1sc2c(c1Cl)CCC2)C(=O)O. The fourth-order valence-corrected chi connectivity index (χ4v) is 3.79. The predicted octanol–water partition coefficient (Wildman–Crippen LogP) is 3.15. The van der Waals surface area contributed by atoms with Crippen LogP contribution in [-0.4, -0.2) is 11.1 Å². The monoisotopic (exact) mass is 244 g/mol. The summed E-state index contributed by atoms with van der Waals surface area (Å²) >= 11 is 7.94. The predicted molar refractivity (Wildman–Crippen MR) is 61.9 cm³/mol. The van der Waals surface area contributed by atoms with Gasteiger partial charge in [0.05, 0.1) is 10.9 Å². The smallest absolute Gasteiger partial charge is 0.306 e. The highest BCUT2D eigenvalue weighted by molar-refractivity contribution is 7.12. The summed E-state index contributed by atoms with van der Waals surface area (Å²) in [7, 11) is 0. The minimum absolute atomic E-state index is 0.346. The lowest BCUT2D eigenvalue weighted by Gasteiger charge is -2.04. The number of thiophene rings is 1. The summed E-state index contributed by atoms with van der Waals surface area (Å²) < 4.78 is 0. The van der Waals surface area contributed by atoms with Gasteiger partial charge >= 0.3 is 5.97 Å². The first-order valence-electron chi connectivity index (χ1n) is 5.11. The van der Waals surface area contributed by atoms with Gasteiger partial charge in [-0.25, -0.2) is 0 Å². The van der Waals surface area contributed by atoms with Crippen molar-refractivity contribution in [2.45, 2.75) is 32.6 Å². The van der Waals surface area contributed by atoms with Gasteiger partial charge in [-0.3, -0.25) is 4.79 Å². The van der Waals surface area contributed by atoms with Crippen molar-refractivity contribution in [3.05, 3.63) is 20.3 Å². The number of aryl methyl sites for hydroxylation is 1. The van der Waals surface area contributed by atoms with Gasteiger partial charge in [0.15, 0.2) is 0 Å². The van der Waals surface area contributed by atoms with Crippen molar-refractivity contribution in [3.63, 3.8) is 0 Å². The number of rotatable bonds is 3. The van der Waals surface area contributed by atoms with Crippen LogP contribution in [-0.2, 0) is 24.1 Å². The van der Waals surface area contributed by atoms with E-state index in [1.807, 2.05) is 0 Å². The molecule has 0 aliphatic heterocycles. The Bertz CT molecular complexity index is 398. The fraction of sp³-hybridized carbons (Fsp3) is 0.545. The average Bonchev–Trinajstić information content (AvgIpc) is 2.71. The molecule has 1 aliphatic carbocycles. The molecule has 0 saturated heterocycles. The largest absolute Gasteiger partial charge is 0.481 e. The van der Waals surface area contributed by atoms with Gasteiger partial charge in [-0.2, -0.15) is 0 Å². The Labute approximate surface area is 97.9 Å². The molecule has 0 spiro atoms. The van der Waals surface area contributed by atoms with E-state index in [0.29, 0.717) is 6.42 Å². The highest BCUT2D eigenvalue weighted by Crippen LogP contribution is 2.39. The van der Waals surface area contributed by atoms with Crippen LogP contribution in [0.15, 0.2) is 0 Å². The normalized spacial score (nSPS) is 16.4. The molecule has 0 amide bonds. The fourth-order valence-electron chi connectivity index (χ4n) is 1.92.